The highest BCUT2D eigenvalue weighted by molar-refractivity contribution is 5.82. The van der Waals surface area contributed by atoms with E-state index in [9.17, 15) is 4.79 Å². The largest absolute Gasteiger partial charge is 0.480 e. The summed E-state index contributed by atoms with van der Waals surface area (Å²) in [6.07, 6.45) is 2.32. The third-order valence-electron chi connectivity index (χ3n) is 4.70. The molecule has 2 heterocycles. The van der Waals surface area contributed by atoms with Crippen LogP contribution >= 0.6 is 0 Å². The number of likely N-dealkylation sites (tertiary alicyclic amines) is 1. The fourth-order valence-corrected chi connectivity index (χ4v) is 2.99. The van der Waals surface area contributed by atoms with Crippen LogP contribution in [0.2, 0.25) is 0 Å². The van der Waals surface area contributed by atoms with Gasteiger partial charge >= 0.3 is 0 Å². The molecule has 0 spiro atoms. The van der Waals surface area contributed by atoms with Gasteiger partial charge in [0, 0.05) is 19.5 Å². The van der Waals surface area contributed by atoms with E-state index in [1.807, 2.05) is 29.2 Å². The Morgan fingerprint density at radius 3 is 2.75 bits per heavy atom. The summed E-state index contributed by atoms with van der Waals surface area (Å²) >= 11 is 0. The number of rotatable bonds is 2. The number of amides is 1. The molecule has 3 rings (SSSR count). The Kier molecular flexibility index (Phi) is 3.42. The molecule has 1 aromatic carbocycles. The van der Waals surface area contributed by atoms with Gasteiger partial charge in [-0.05, 0) is 36.4 Å². The van der Waals surface area contributed by atoms with Crippen molar-refractivity contribution in [2.75, 3.05) is 19.6 Å². The van der Waals surface area contributed by atoms with E-state index in [0.29, 0.717) is 13.0 Å². The molecule has 0 bridgehead atoms. The van der Waals surface area contributed by atoms with Crippen LogP contribution < -0.4 is 10.5 Å². The summed E-state index contributed by atoms with van der Waals surface area (Å²) in [5.74, 6) is 0.981. The molecule has 0 saturated carbocycles. The molecule has 4 heteroatoms. The third kappa shape index (κ3) is 2.40. The summed E-state index contributed by atoms with van der Waals surface area (Å²) in [6, 6.07) is 7.90. The van der Waals surface area contributed by atoms with E-state index in [2.05, 4.69) is 6.92 Å². The summed E-state index contributed by atoms with van der Waals surface area (Å²) in [4.78, 5) is 14.5. The van der Waals surface area contributed by atoms with E-state index in [1.54, 1.807) is 0 Å². The van der Waals surface area contributed by atoms with Gasteiger partial charge in [0.1, 0.15) is 5.75 Å². The van der Waals surface area contributed by atoms with Gasteiger partial charge in [-0.15, -0.1) is 0 Å². The molecule has 1 amide bonds. The van der Waals surface area contributed by atoms with Crippen molar-refractivity contribution in [3.63, 3.8) is 0 Å². The van der Waals surface area contributed by atoms with Gasteiger partial charge in [0.05, 0.1) is 0 Å². The van der Waals surface area contributed by atoms with E-state index < -0.39 is 0 Å². The first kappa shape index (κ1) is 13.4. The molecule has 2 aliphatic rings. The highest BCUT2D eigenvalue weighted by Gasteiger charge is 2.36. The molecule has 1 saturated heterocycles. The molecular formula is C16H22N2O2. The number of ether oxygens (including phenoxy) is 1. The van der Waals surface area contributed by atoms with Crippen LogP contribution in [0.1, 0.15) is 25.3 Å². The minimum Gasteiger partial charge on any atom is -0.480 e. The predicted molar refractivity (Wildman–Crippen MR) is 77.5 cm³/mol. The van der Waals surface area contributed by atoms with Crippen molar-refractivity contribution in [2.24, 2.45) is 11.1 Å². The molecule has 0 radical (unpaired) electrons. The number of nitrogens with two attached hydrogens (primary N) is 1. The van der Waals surface area contributed by atoms with Gasteiger partial charge in [-0.3, -0.25) is 4.79 Å². The predicted octanol–water partition coefficient (Wildman–Crippen LogP) is 1.58. The average Bonchev–Trinajstić information content (AvgIpc) is 2.91. The first-order chi connectivity index (χ1) is 9.61. The molecule has 20 heavy (non-hydrogen) atoms. The smallest absolute Gasteiger partial charge is 0.263 e. The Morgan fingerprint density at radius 2 is 2.10 bits per heavy atom. The number of carbonyl (C=O) groups is 1. The van der Waals surface area contributed by atoms with Crippen LogP contribution in [0.3, 0.4) is 0 Å². The highest BCUT2D eigenvalue weighted by Crippen LogP contribution is 2.32. The SMILES string of the molecule is CC1(CN)CCN(C(=O)C2Cc3ccccc3O2)CC1. The monoisotopic (exact) mass is 274 g/mol. The van der Waals surface area contributed by atoms with Crippen LogP contribution in [-0.4, -0.2) is 36.5 Å². The lowest BCUT2D eigenvalue weighted by atomic mass is 9.80. The van der Waals surface area contributed by atoms with Crippen molar-refractivity contribution in [2.45, 2.75) is 32.3 Å². The zero-order chi connectivity index (χ0) is 14.2. The Hall–Kier alpha value is -1.55. The van der Waals surface area contributed by atoms with Crippen LogP contribution in [0.5, 0.6) is 5.75 Å². The number of hydrogen-bond acceptors (Lipinski definition) is 3. The lowest BCUT2D eigenvalue weighted by Gasteiger charge is -2.39. The quantitative estimate of drug-likeness (QED) is 0.891. The minimum atomic E-state index is -0.338. The molecule has 0 aliphatic carbocycles. The number of para-hydroxylation sites is 1. The molecule has 1 aromatic rings. The standard InChI is InChI=1S/C16H22N2O2/c1-16(11-17)6-8-18(9-7-16)15(19)14-10-12-4-2-3-5-13(12)20-14/h2-5,14H,6-11,17H2,1H3. The summed E-state index contributed by atoms with van der Waals surface area (Å²) < 4.78 is 5.78. The molecule has 108 valence electrons. The van der Waals surface area contributed by atoms with Gasteiger partial charge in [-0.1, -0.05) is 25.1 Å². The van der Waals surface area contributed by atoms with Gasteiger partial charge in [0.2, 0.25) is 0 Å². The lowest BCUT2D eigenvalue weighted by Crippen LogP contribution is -2.49. The van der Waals surface area contributed by atoms with Crippen LogP contribution in [0.4, 0.5) is 0 Å². The highest BCUT2D eigenvalue weighted by atomic mass is 16.5. The van der Waals surface area contributed by atoms with Crippen molar-refractivity contribution in [1.82, 2.24) is 4.90 Å². The topological polar surface area (TPSA) is 55.6 Å². The summed E-state index contributed by atoms with van der Waals surface area (Å²) in [5, 5.41) is 0. The first-order valence-corrected chi connectivity index (χ1v) is 7.35. The fourth-order valence-electron chi connectivity index (χ4n) is 2.99. The van der Waals surface area contributed by atoms with E-state index in [-0.39, 0.29) is 17.4 Å². The van der Waals surface area contributed by atoms with Gasteiger partial charge < -0.3 is 15.4 Å². The Labute approximate surface area is 119 Å². The van der Waals surface area contributed by atoms with E-state index in [0.717, 1.165) is 37.2 Å². The van der Waals surface area contributed by atoms with Crippen molar-refractivity contribution in [3.8, 4) is 5.75 Å². The summed E-state index contributed by atoms with van der Waals surface area (Å²) in [6.45, 7) is 4.49. The second-order valence-electron chi connectivity index (χ2n) is 6.26. The van der Waals surface area contributed by atoms with Crippen molar-refractivity contribution >= 4 is 5.91 Å². The van der Waals surface area contributed by atoms with Gasteiger partial charge in [-0.2, -0.15) is 0 Å². The van der Waals surface area contributed by atoms with Gasteiger partial charge in [-0.25, -0.2) is 0 Å². The number of piperidine rings is 1. The fraction of sp³-hybridized carbons (Fsp3) is 0.562. The maximum atomic E-state index is 12.5. The van der Waals surface area contributed by atoms with E-state index >= 15 is 0 Å². The minimum absolute atomic E-state index is 0.125. The maximum absolute atomic E-state index is 12.5. The molecular weight excluding hydrogens is 252 g/mol. The molecule has 1 atom stereocenters. The Bertz CT molecular complexity index is 482. The van der Waals surface area contributed by atoms with Crippen LogP contribution in [-0.2, 0) is 11.2 Å². The normalized spacial score (nSPS) is 24.1. The second-order valence-corrected chi connectivity index (χ2v) is 6.26. The van der Waals surface area contributed by atoms with Crippen LogP contribution in [0, 0.1) is 5.41 Å². The molecule has 2 aliphatic heterocycles. The molecule has 2 N–H and O–H groups in total. The number of hydrogen-bond donors (Lipinski definition) is 1. The van der Waals surface area contributed by atoms with Crippen molar-refractivity contribution in [3.05, 3.63) is 29.8 Å². The molecule has 1 fully saturated rings. The zero-order valence-corrected chi connectivity index (χ0v) is 12.0. The van der Waals surface area contributed by atoms with E-state index in [1.165, 1.54) is 0 Å². The lowest BCUT2D eigenvalue weighted by molar-refractivity contribution is -0.140. The van der Waals surface area contributed by atoms with Crippen molar-refractivity contribution in [1.29, 1.82) is 0 Å². The number of carbonyl (C=O) groups excluding carboxylic acids is 1. The number of fused-ring (bicyclic) bond motifs is 1. The maximum Gasteiger partial charge on any atom is 0.263 e. The number of nitrogens with zero attached hydrogens (tertiary/aromatic N) is 1. The second kappa shape index (κ2) is 5.09. The summed E-state index contributed by atoms with van der Waals surface area (Å²) in [7, 11) is 0. The molecule has 1 unspecified atom stereocenters. The number of benzene rings is 1. The Balaban J connectivity index is 1.62. The zero-order valence-electron chi connectivity index (χ0n) is 12.0. The average molecular weight is 274 g/mol. The third-order valence-corrected chi connectivity index (χ3v) is 4.70. The van der Waals surface area contributed by atoms with E-state index in [4.69, 9.17) is 10.5 Å². The van der Waals surface area contributed by atoms with Crippen LogP contribution in [0.25, 0.3) is 0 Å². The van der Waals surface area contributed by atoms with Crippen molar-refractivity contribution < 1.29 is 9.53 Å². The van der Waals surface area contributed by atoms with Crippen LogP contribution in [0.15, 0.2) is 24.3 Å². The van der Waals surface area contributed by atoms with Gasteiger partial charge in [0.25, 0.3) is 5.91 Å². The van der Waals surface area contributed by atoms with Gasteiger partial charge in [0.15, 0.2) is 6.10 Å². The summed E-state index contributed by atoms with van der Waals surface area (Å²) in [5.41, 5.74) is 7.14. The molecule has 0 aromatic heterocycles. The first-order valence-electron chi connectivity index (χ1n) is 7.35. The Morgan fingerprint density at radius 1 is 1.40 bits per heavy atom. The molecule has 4 nitrogen and oxygen atoms in total.